The number of fused-ring (bicyclic) bond motifs is 1. The number of hydrogen-bond donors (Lipinski definition) is 0. The van der Waals surface area contributed by atoms with Crippen LogP contribution in [0, 0.1) is 0 Å². The van der Waals surface area contributed by atoms with E-state index in [1.54, 1.807) is 36.2 Å². The minimum Gasteiger partial charge on any atom is -0.441 e. The molecule has 2 aromatic carbocycles. The van der Waals surface area contributed by atoms with Crippen molar-refractivity contribution in [1.82, 2.24) is 4.98 Å². The van der Waals surface area contributed by atoms with Crippen molar-refractivity contribution in [3.63, 3.8) is 0 Å². The van der Waals surface area contributed by atoms with Crippen molar-refractivity contribution in [1.29, 1.82) is 0 Å². The lowest BCUT2D eigenvalue weighted by molar-refractivity contribution is -0.118. The molecule has 0 bridgehead atoms. The van der Waals surface area contributed by atoms with Crippen molar-refractivity contribution in [2.75, 3.05) is 17.2 Å². The molecule has 0 saturated heterocycles. The third-order valence-electron chi connectivity index (χ3n) is 4.54. The van der Waals surface area contributed by atoms with Gasteiger partial charge in [0.25, 0.3) is 0 Å². The highest BCUT2D eigenvalue weighted by Crippen LogP contribution is 2.34. The zero-order chi connectivity index (χ0) is 19.5. The molecule has 2 heterocycles. The van der Waals surface area contributed by atoms with Crippen molar-refractivity contribution in [3.8, 4) is 11.3 Å². The van der Waals surface area contributed by atoms with Crippen LogP contribution in [-0.2, 0) is 11.2 Å². The Morgan fingerprint density at radius 2 is 2.07 bits per heavy atom. The van der Waals surface area contributed by atoms with Crippen LogP contribution in [-0.4, -0.2) is 23.2 Å². The van der Waals surface area contributed by atoms with Gasteiger partial charge in [-0.3, -0.25) is 4.79 Å². The lowest BCUT2D eigenvalue weighted by atomic mass is 10.2. The van der Waals surface area contributed by atoms with E-state index in [-0.39, 0.29) is 5.91 Å². The molecule has 7 heteroatoms. The van der Waals surface area contributed by atoms with Gasteiger partial charge in [0.05, 0.1) is 16.9 Å². The average molecular weight is 433 g/mol. The molecule has 1 amide bonds. The first-order chi connectivity index (χ1) is 13.6. The second-order valence-corrected chi connectivity index (χ2v) is 8.44. The van der Waals surface area contributed by atoms with Crippen LogP contribution in [0.3, 0.4) is 0 Å². The molecule has 0 unspecified atom stereocenters. The summed E-state index contributed by atoms with van der Waals surface area (Å²) in [5, 5.41) is 1.07. The van der Waals surface area contributed by atoms with Gasteiger partial charge >= 0.3 is 0 Å². The number of nitrogens with zero attached hydrogens (tertiary/aromatic N) is 2. The molecular formula is C21H18Cl2N2O2S. The van der Waals surface area contributed by atoms with E-state index < -0.39 is 0 Å². The van der Waals surface area contributed by atoms with E-state index in [9.17, 15) is 4.79 Å². The van der Waals surface area contributed by atoms with Gasteiger partial charge in [0.2, 0.25) is 5.91 Å². The van der Waals surface area contributed by atoms with Crippen LogP contribution < -0.4 is 4.90 Å². The summed E-state index contributed by atoms with van der Waals surface area (Å²) < 4.78 is 5.81. The van der Waals surface area contributed by atoms with E-state index in [0.717, 1.165) is 34.9 Å². The van der Waals surface area contributed by atoms with Crippen molar-refractivity contribution in [3.05, 3.63) is 64.6 Å². The molecule has 3 aromatic rings. The smallest absolute Gasteiger partial charge is 0.227 e. The number of anilines is 1. The molecule has 0 aliphatic carbocycles. The quantitative estimate of drug-likeness (QED) is 0.498. The highest BCUT2D eigenvalue weighted by molar-refractivity contribution is 7.99. The number of aromatic nitrogens is 1. The Hall–Kier alpha value is -1.95. The minimum absolute atomic E-state index is 0.0826. The molecule has 0 saturated carbocycles. The Labute approximate surface area is 177 Å². The largest absolute Gasteiger partial charge is 0.441 e. The van der Waals surface area contributed by atoms with Crippen molar-refractivity contribution in [2.45, 2.75) is 24.2 Å². The monoisotopic (exact) mass is 432 g/mol. The summed E-state index contributed by atoms with van der Waals surface area (Å²) in [4.78, 5) is 20.2. The van der Waals surface area contributed by atoms with Crippen LogP contribution >= 0.6 is 35.0 Å². The maximum absolute atomic E-state index is 12.9. The van der Waals surface area contributed by atoms with Gasteiger partial charge in [0.15, 0.2) is 11.7 Å². The van der Waals surface area contributed by atoms with Crippen molar-refractivity contribution in [2.24, 2.45) is 0 Å². The SMILES string of the molecule is O=C(CCc1ncc(-c2ccc(Cl)cc2Cl)o1)N1CCCSc2ccccc21. The molecule has 1 aliphatic rings. The van der Waals surface area contributed by atoms with Gasteiger partial charge in [-0.05, 0) is 42.5 Å². The van der Waals surface area contributed by atoms with Crippen LogP contribution in [0.15, 0.2) is 58.0 Å². The molecule has 1 aliphatic heterocycles. The highest BCUT2D eigenvalue weighted by atomic mass is 35.5. The third kappa shape index (κ3) is 4.22. The van der Waals surface area contributed by atoms with Crippen LogP contribution in [0.5, 0.6) is 0 Å². The first-order valence-corrected chi connectivity index (χ1v) is 10.8. The first-order valence-electron chi connectivity index (χ1n) is 9.04. The maximum atomic E-state index is 12.9. The van der Waals surface area contributed by atoms with E-state index in [0.29, 0.717) is 34.5 Å². The maximum Gasteiger partial charge on any atom is 0.227 e. The summed E-state index contributed by atoms with van der Waals surface area (Å²) >= 11 is 14.0. The zero-order valence-corrected chi connectivity index (χ0v) is 17.4. The number of hydrogen-bond acceptors (Lipinski definition) is 4. The summed E-state index contributed by atoms with van der Waals surface area (Å²) in [6.07, 6.45) is 3.39. The lowest BCUT2D eigenvalue weighted by Gasteiger charge is -2.22. The van der Waals surface area contributed by atoms with Crippen LogP contribution in [0.1, 0.15) is 18.7 Å². The second-order valence-electron chi connectivity index (χ2n) is 6.46. The molecule has 144 valence electrons. The Bertz CT molecular complexity index is 1010. The number of thioether (sulfide) groups is 1. The molecule has 0 spiro atoms. The molecule has 4 rings (SSSR count). The topological polar surface area (TPSA) is 46.3 Å². The fraction of sp³-hybridized carbons (Fsp3) is 0.238. The number of benzene rings is 2. The lowest BCUT2D eigenvalue weighted by Crippen LogP contribution is -2.32. The molecule has 0 fully saturated rings. The fourth-order valence-corrected chi connectivity index (χ4v) is 4.67. The molecule has 0 N–H and O–H groups in total. The van der Waals surface area contributed by atoms with Gasteiger partial charge in [0, 0.05) is 34.9 Å². The van der Waals surface area contributed by atoms with Gasteiger partial charge < -0.3 is 9.32 Å². The second kappa shape index (κ2) is 8.60. The predicted molar refractivity (Wildman–Crippen MR) is 114 cm³/mol. The van der Waals surface area contributed by atoms with Crippen LogP contribution in [0.25, 0.3) is 11.3 Å². The summed E-state index contributed by atoms with van der Waals surface area (Å²) in [5.41, 5.74) is 1.73. The fourth-order valence-electron chi connectivity index (χ4n) is 3.17. The highest BCUT2D eigenvalue weighted by Gasteiger charge is 2.21. The minimum atomic E-state index is 0.0826. The third-order valence-corrected chi connectivity index (χ3v) is 6.24. The number of amides is 1. The van der Waals surface area contributed by atoms with Crippen LogP contribution in [0.2, 0.25) is 10.0 Å². The van der Waals surface area contributed by atoms with E-state index >= 15 is 0 Å². The number of para-hydroxylation sites is 1. The predicted octanol–water partition coefficient (Wildman–Crippen LogP) is 6.11. The van der Waals surface area contributed by atoms with E-state index in [1.165, 1.54) is 0 Å². The molecular weight excluding hydrogens is 415 g/mol. The Kier molecular flexibility index (Phi) is 5.95. The molecule has 0 radical (unpaired) electrons. The Morgan fingerprint density at radius 3 is 2.93 bits per heavy atom. The normalized spacial score (nSPS) is 13.9. The number of rotatable bonds is 4. The van der Waals surface area contributed by atoms with E-state index in [1.807, 2.05) is 23.1 Å². The summed E-state index contributed by atoms with van der Waals surface area (Å²) in [5.74, 6) is 2.19. The summed E-state index contributed by atoms with van der Waals surface area (Å²) in [7, 11) is 0. The summed E-state index contributed by atoms with van der Waals surface area (Å²) in [6.45, 7) is 0.736. The average Bonchev–Trinajstić information content (AvgIpc) is 3.04. The van der Waals surface area contributed by atoms with Crippen molar-refractivity contribution >= 4 is 46.6 Å². The number of halogens is 2. The van der Waals surface area contributed by atoms with Gasteiger partial charge in [-0.15, -0.1) is 11.8 Å². The number of carbonyl (C=O) groups excluding carboxylic acids is 1. The molecule has 4 nitrogen and oxygen atoms in total. The first kappa shape index (κ1) is 19.4. The van der Waals surface area contributed by atoms with Gasteiger partial charge in [0.1, 0.15) is 0 Å². The molecule has 0 atom stereocenters. The molecule has 28 heavy (non-hydrogen) atoms. The van der Waals surface area contributed by atoms with Crippen molar-refractivity contribution < 1.29 is 9.21 Å². The zero-order valence-electron chi connectivity index (χ0n) is 15.0. The standard InChI is InChI=1S/C21H18Cl2N2O2S/c22-14-6-7-15(16(23)12-14)18-13-24-20(27-18)8-9-21(26)25-10-3-11-28-19-5-2-1-4-17(19)25/h1-2,4-7,12-13H,3,8-11H2. The van der Waals surface area contributed by atoms with Gasteiger partial charge in [-0.1, -0.05) is 35.3 Å². The molecule has 1 aromatic heterocycles. The van der Waals surface area contributed by atoms with Crippen LogP contribution in [0.4, 0.5) is 5.69 Å². The van der Waals surface area contributed by atoms with E-state index in [4.69, 9.17) is 27.6 Å². The number of oxazole rings is 1. The summed E-state index contributed by atoms with van der Waals surface area (Å²) in [6, 6.07) is 13.3. The van der Waals surface area contributed by atoms with E-state index in [2.05, 4.69) is 11.1 Å². The van der Waals surface area contributed by atoms with Gasteiger partial charge in [-0.25, -0.2) is 4.98 Å². The Balaban J connectivity index is 1.45. The van der Waals surface area contributed by atoms with Gasteiger partial charge in [-0.2, -0.15) is 0 Å². The number of carbonyl (C=O) groups is 1. The Morgan fingerprint density at radius 1 is 1.21 bits per heavy atom. The number of aryl methyl sites for hydroxylation is 1.